The number of ketones is 1. The number of benzene rings is 1. The van der Waals surface area contributed by atoms with Gasteiger partial charge in [0.15, 0.2) is 0 Å². The van der Waals surface area contributed by atoms with Crippen molar-refractivity contribution in [3.8, 4) is 0 Å². The summed E-state index contributed by atoms with van der Waals surface area (Å²) in [5.41, 5.74) is 2.21. The van der Waals surface area contributed by atoms with Crippen LogP contribution in [0.2, 0.25) is 0 Å². The lowest BCUT2D eigenvalue weighted by Gasteiger charge is -2.07. The maximum atomic E-state index is 13.4. The van der Waals surface area contributed by atoms with Crippen LogP contribution < -0.4 is 10.6 Å². The Bertz CT molecular complexity index is 950. The largest absolute Gasteiger partial charge is 0.396 e. The van der Waals surface area contributed by atoms with Gasteiger partial charge in [-0.25, -0.2) is 4.39 Å². The van der Waals surface area contributed by atoms with Crippen LogP contribution in [-0.4, -0.2) is 40.4 Å². The average Bonchev–Trinajstić information content (AvgIpc) is 2.90. The maximum Gasteiger partial charge on any atom is 0.294 e. The predicted molar refractivity (Wildman–Crippen MR) is 108 cm³/mol. The van der Waals surface area contributed by atoms with Gasteiger partial charge in [0.05, 0.1) is 11.3 Å². The normalized spacial score (nSPS) is 10.7. The number of nitrogens with one attached hydrogen (secondary N) is 2. The Labute approximate surface area is 168 Å². The van der Waals surface area contributed by atoms with E-state index in [1.54, 1.807) is 27.8 Å². The van der Waals surface area contributed by atoms with Gasteiger partial charge in [-0.2, -0.15) is 0 Å². The van der Waals surface area contributed by atoms with E-state index in [4.69, 9.17) is 5.11 Å². The zero-order valence-electron chi connectivity index (χ0n) is 17.1. The monoisotopic (exact) mass is 403 g/mol. The van der Waals surface area contributed by atoms with Gasteiger partial charge in [0.1, 0.15) is 5.82 Å². The molecule has 1 aromatic carbocycles. The van der Waals surface area contributed by atoms with Gasteiger partial charge in [-0.1, -0.05) is 0 Å². The number of aryl methyl sites for hydroxylation is 1. The van der Waals surface area contributed by atoms with Crippen molar-refractivity contribution in [2.75, 3.05) is 18.5 Å². The summed E-state index contributed by atoms with van der Waals surface area (Å²) in [6.07, 6.45) is 1.09. The van der Waals surface area contributed by atoms with Crippen molar-refractivity contribution >= 4 is 23.3 Å². The number of anilines is 1. The first kappa shape index (κ1) is 22.3. The van der Waals surface area contributed by atoms with Gasteiger partial charge in [-0.05, 0) is 62.9 Å². The molecule has 7 nitrogen and oxygen atoms in total. The highest BCUT2D eigenvalue weighted by molar-refractivity contribution is 6.43. The SMILES string of the molecule is Cc1cc(NC(=O)c2c(C)c(C(=O)C(=O)NCCCCO)n(C)c2C)ccc1F. The molecule has 2 amide bonds. The maximum absolute atomic E-state index is 13.4. The Morgan fingerprint density at radius 3 is 2.45 bits per heavy atom. The van der Waals surface area contributed by atoms with Crippen molar-refractivity contribution in [3.63, 3.8) is 0 Å². The fraction of sp³-hybridized carbons (Fsp3) is 0.381. The Morgan fingerprint density at radius 2 is 1.83 bits per heavy atom. The number of aliphatic hydroxyl groups excluding tert-OH is 1. The molecule has 0 aliphatic rings. The molecule has 0 aliphatic heterocycles. The van der Waals surface area contributed by atoms with Crippen molar-refractivity contribution in [2.45, 2.75) is 33.6 Å². The van der Waals surface area contributed by atoms with Crippen LogP contribution in [-0.2, 0) is 11.8 Å². The number of carbonyl (C=O) groups is 3. The third-order valence-electron chi connectivity index (χ3n) is 4.87. The number of carbonyl (C=O) groups excluding carboxylic acids is 3. The Kier molecular flexibility index (Phi) is 7.28. The fourth-order valence-electron chi connectivity index (χ4n) is 3.18. The second-order valence-corrected chi connectivity index (χ2v) is 6.93. The molecule has 29 heavy (non-hydrogen) atoms. The number of halogens is 1. The smallest absolute Gasteiger partial charge is 0.294 e. The van der Waals surface area contributed by atoms with Gasteiger partial charge in [0.25, 0.3) is 17.6 Å². The highest BCUT2D eigenvalue weighted by atomic mass is 19.1. The molecule has 0 saturated heterocycles. The van der Waals surface area contributed by atoms with E-state index in [9.17, 15) is 18.8 Å². The number of hydrogen-bond donors (Lipinski definition) is 3. The van der Waals surface area contributed by atoms with E-state index in [1.165, 1.54) is 22.8 Å². The molecule has 1 aromatic heterocycles. The minimum Gasteiger partial charge on any atom is -0.396 e. The molecule has 1 heterocycles. The molecule has 2 rings (SSSR count). The molecule has 0 atom stereocenters. The number of nitrogens with zero attached hydrogens (tertiary/aromatic N) is 1. The van der Waals surface area contributed by atoms with Gasteiger partial charge >= 0.3 is 0 Å². The summed E-state index contributed by atoms with van der Waals surface area (Å²) in [6, 6.07) is 4.25. The van der Waals surface area contributed by atoms with Crippen LogP contribution in [0.5, 0.6) is 0 Å². The predicted octanol–water partition coefficient (Wildman–Crippen LogP) is 2.41. The molecule has 0 fully saturated rings. The summed E-state index contributed by atoms with van der Waals surface area (Å²) in [7, 11) is 1.62. The van der Waals surface area contributed by atoms with Crippen molar-refractivity contribution in [2.24, 2.45) is 7.05 Å². The second-order valence-electron chi connectivity index (χ2n) is 6.93. The van der Waals surface area contributed by atoms with Gasteiger partial charge in [0, 0.05) is 31.6 Å². The molecular weight excluding hydrogens is 377 g/mol. The van der Waals surface area contributed by atoms with Gasteiger partial charge in [0.2, 0.25) is 0 Å². The van der Waals surface area contributed by atoms with Crippen LogP contribution in [0, 0.1) is 26.6 Å². The molecule has 2 aromatic rings. The first-order chi connectivity index (χ1) is 13.7. The van der Waals surface area contributed by atoms with E-state index in [0.29, 0.717) is 40.9 Å². The molecule has 8 heteroatoms. The Balaban J connectivity index is 2.24. The molecule has 0 unspecified atom stereocenters. The quantitative estimate of drug-likeness (QED) is 0.358. The molecule has 3 N–H and O–H groups in total. The summed E-state index contributed by atoms with van der Waals surface area (Å²) in [6.45, 7) is 5.20. The third-order valence-corrected chi connectivity index (χ3v) is 4.87. The summed E-state index contributed by atoms with van der Waals surface area (Å²) in [4.78, 5) is 37.6. The van der Waals surface area contributed by atoms with Crippen LogP contribution in [0.4, 0.5) is 10.1 Å². The van der Waals surface area contributed by atoms with Crippen molar-refractivity contribution in [3.05, 3.63) is 52.1 Å². The van der Waals surface area contributed by atoms with Gasteiger partial charge in [-0.3, -0.25) is 14.4 Å². The van der Waals surface area contributed by atoms with Crippen LogP contribution in [0.15, 0.2) is 18.2 Å². The summed E-state index contributed by atoms with van der Waals surface area (Å²) < 4.78 is 15.0. The first-order valence-corrected chi connectivity index (χ1v) is 9.35. The Morgan fingerprint density at radius 1 is 1.14 bits per heavy atom. The molecule has 0 aliphatic carbocycles. The molecule has 0 saturated carbocycles. The van der Waals surface area contributed by atoms with Gasteiger partial charge in [-0.15, -0.1) is 0 Å². The zero-order chi connectivity index (χ0) is 21.7. The highest BCUT2D eigenvalue weighted by Gasteiger charge is 2.28. The van der Waals surface area contributed by atoms with Crippen molar-refractivity contribution in [1.29, 1.82) is 0 Å². The lowest BCUT2D eigenvalue weighted by Crippen LogP contribution is -2.33. The van der Waals surface area contributed by atoms with Crippen molar-refractivity contribution < 1.29 is 23.9 Å². The minimum absolute atomic E-state index is 0.0198. The molecule has 0 radical (unpaired) electrons. The zero-order valence-corrected chi connectivity index (χ0v) is 17.1. The lowest BCUT2D eigenvalue weighted by molar-refractivity contribution is -0.117. The van der Waals surface area contributed by atoms with Crippen molar-refractivity contribution in [1.82, 2.24) is 9.88 Å². The summed E-state index contributed by atoms with van der Waals surface area (Å²) in [5.74, 6) is -2.29. The number of rotatable bonds is 8. The molecule has 0 spiro atoms. The van der Waals surface area contributed by atoms with E-state index in [1.807, 2.05) is 0 Å². The lowest BCUT2D eigenvalue weighted by atomic mass is 10.1. The summed E-state index contributed by atoms with van der Waals surface area (Å²) in [5, 5.41) is 14.0. The molecular formula is C21H26FN3O4. The number of Topliss-reactive ketones (excluding diaryl/α,β-unsaturated/α-hetero) is 1. The number of unbranched alkanes of at least 4 members (excludes halogenated alkanes) is 1. The second kappa shape index (κ2) is 9.47. The fourth-order valence-corrected chi connectivity index (χ4v) is 3.18. The standard InChI is InChI=1S/C21H26FN3O4/c1-12-11-15(7-8-16(12)22)24-20(28)17-13(2)18(25(4)14(17)3)19(27)21(29)23-9-5-6-10-26/h7-8,11,26H,5-6,9-10H2,1-4H3,(H,23,29)(H,24,28). The van der Waals surface area contributed by atoms with E-state index in [2.05, 4.69) is 10.6 Å². The van der Waals surface area contributed by atoms with E-state index < -0.39 is 17.6 Å². The number of hydrogen-bond acceptors (Lipinski definition) is 4. The highest BCUT2D eigenvalue weighted by Crippen LogP contribution is 2.23. The molecule has 156 valence electrons. The minimum atomic E-state index is -0.757. The van der Waals surface area contributed by atoms with E-state index >= 15 is 0 Å². The first-order valence-electron chi connectivity index (χ1n) is 9.35. The van der Waals surface area contributed by atoms with Crippen LogP contribution in [0.3, 0.4) is 0 Å². The summed E-state index contributed by atoms with van der Waals surface area (Å²) >= 11 is 0. The van der Waals surface area contributed by atoms with E-state index in [-0.39, 0.29) is 24.7 Å². The van der Waals surface area contributed by atoms with Gasteiger partial charge < -0.3 is 20.3 Å². The number of aliphatic hydroxyl groups is 1. The van der Waals surface area contributed by atoms with Crippen LogP contribution >= 0.6 is 0 Å². The number of amides is 2. The van der Waals surface area contributed by atoms with Crippen LogP contribution in [0.25, 0.3) is 0 Å². The third kappa shape index (κ3) is 4.89. The molecule has 0 bridgehead atoms. The average molecular weight is 403 g/mol. The Hall–Kier alpha value is -3.00. The van der Waals surface area contributed by atoms with Crippen LogP contribution in [0.1, 0.15) is 50.5 Å². The van der Waals surface area contributed by atoms with E-state index in [0.717, 1.165) is 0 Å². The number of aromatic nitrogens is 1. The topological polar surface area (TPSA) is 100 Å².